The maximum Gasteiger partial charge on any atom is 0.227 e. The van der Waals surface area contributed by atoms with Crippen LogP contribution in [0.2, 0.25) is 0 Å². The van der Waals surface area contributed by atoms with Gasteiger partial charge in [-0.05, 0) is 70.9 Å². The van der Waals surface area contributed by atoms with Crippen molar-refractivity contribution in [2.24, 2.45) is 0 Å². The van der Waals surface area contributed by atoms with Crippen molar-refractivity contribution in [2.75, 3.05) is 4.90 Å². The lowest BCUT2D eigenvalue weighted by molar-refractivity contribution is 0.620. The van der Waals surface area contributed by atoms with Gasteiger partial charge in [-0.2, -0.15) is 0 Å². The van der Waals surface area contributed by atoms with Gasteiger partial charge in [-0.25, -0.2) is 4.98 Å². The summed E-state index contributed by atoms with van der Waals surface area (Å²) in [6.07, 6.45) is 0. The Morgan fingerprint density at radius 2 is 1.11 bits per heavy atom. The first-order chi connectivity index (χ1) is 27.3. The molecule has 2 aromatic heterocycles. The van der Waals surface area contributed by atoms with E-state index in [0.29, 0.717) is 5.89 Å². The highest BCUT2D eigenvalue weighted by molar-refractivity contribution is 6.23. The number of para-hydroxylation sites is 4. The van der Waals surface area contributed by atoms with E-state index in [0.717, 1.165) is 61.3 Å². The molecular weight excluding hydrogens is 671 g/mol. The van der Waals surface area contributed by atoms with Crippen molar-refractivity contribution in [2.45, 2.75) is 0 Å². The molecule has 0 saturated heterocycles. The number of hydrogen-bond donors (Lipinski definition) is 0. The predicted octanol–water partition coefficient (Wildman–Crippen LogP) is 14.0. The van der Waals surface area contributed by atoms with Gasteiger partial charge in [0.2, 0.25) is 5.89 Å². The molecule has 0 saturated carbocycles. The van der Waals surface area contributed by atoms with Crippen molar-refractivity contribution in [1.29, 1.82) is 0 Å². The third kappa shape index (κ3) is 5.03. The summed E-state index contributed by atoms with van der Waals surface area (Å²) in [5.41, 5.74) is 11.2. The fraction of sp³-hybridized carbons (Fsp3) is 0. The third-order valence-corrected chi connectivity index (χ3v) is 10.8. The average molecular weight is 704 g/mol. The van der Waals surface area contributed by atoms with Crippen LogP contribution in [0.4, 0.5) is 17.1 Å². The van der Waals surface area contributed by atoms with Gasteiger partial charge >= 0.3 is 0 Å². The summed E-state index contributed by atoms with van der Waals surface area (Å²) in [7, 11) is 0. The summed E-state index contributed by atoms with van der Waals surface area (Å²) in [6, 6.07) is 70.9. The molecule has 11 rings (SSSR count). The van der Waals surface area contributed by atoms with Crippen molar-refractivity contribution in [1.82, 2.24) is 9.55 Å². The van der Waals surface area contributed by atoms with Crippen LogP contribution in [-0.2, 0) is 0 Å². The number of oxazole rings is 1. The van der Waals surface area contributed by atoms with Crippen LogP contribution in [0.25, 0.3) is 82.7 Å². The van der Waals surface area contributed by atoms with E-state index in [1.165, 1.54) is 32.6 Å². The standard InChI is InChI=1S/C51H33N3O/c1-3-17-35(18-4-1)39-22-11-13-27-45(39)54(47-29-15-26-44-50(47)55-51(52-44)37-31-30-34-16-7-8-19-36(34)32-37)48-33-43-41-24-12-14-28-46(41)53(38-20-5-2-6-21-38)49(43)42-25-10-9-23-40(42)48/h1-33H. The summed E-state index contributed by atoms with van der Waals surface area (Å²) < 4.78 is 9.29. The molecule has 55 heavy (non-hydrogen) atoms. The lowest BCUT2D eigenvalue weighted by Gasteiger charge is -2.29. The number of fused-ring (bicyclic) bond motifs is 7. The molecule has 4 nitrogen and oxygen atoms in total. The Hall–Kier alpha value is -7.43. The molecule has 9 aromatic carbocycles. The van der Waals surface area contributed by atoms with Crippen molar-refractivity contribution in [3.05, 3.63) is 200 Å². The molecule has 0 aliphatic heterocycles. The second kappa shape index (κ2) is 12.6. The highest BCUT2D eigenvalue weighted by Gasteiger charge is 2.26. The van der Waals surface area contributed by atoms with Crippen molar-refractivity contribution < 1.29 is 4.42 Å². The van der Waals surface area contributed by atoms with E-state index < -0.39 is 0 Å². The number of benzene rings is 9. The number of rotatable bonds is 6. The number of anilines is 3. The molecule has 0 aliphatic carbocycles. The Morgan fingerprint density at radius 3 is 1.96 bits per heavy atom. The van der Waals surface area contributed by atoms with Crippen LogP contribution in [0.3, 0.4) is 0 Å². The van der Waals surface area contributed by atoms with Crippen LogP contribution < -0.4 is 4.90 Å². The van der Waals surface area contributed by atoms with Crippen LogP contribution in [0.5, 0.6) is 0 Å². The van der Waals surface area contributed by atoms with E-state index >= 15 is 0 Å². The van der Waals surface area contributed by atoms with Crippen molar-refractivity contribution in [3.8, 4) is 28.3 Å². The minimum atomic E-state index is 0.593. The molecule has 0 radical (unpaired) electrons. The largest absolute Gasteiger partial charge is 0.434 e. The molecule has 0 amide bonds. The van der Waals surface area contributed by atoms with Crippen molar-refractivity contribution >= 4 is 71.5 Å². The van der Waals surface area contributed by atoms with E-state index in [1.54, 1.807) is 0 Å². The Morgan fingerprint density at radius 1 is 0.436 bits per heavy atom. The molecule has 0 N–H and O–H groups in total. The summed E-state index contributed by atoms with van der Waals surface area (Å²) >= 11 is 0. The monoisotopic (exact) mass is 703 g/mol. The highest BCUT2D eigenvalue weighted by atomic mass is 16.3. The summed E-state index contributed by atoms with van der Waals surface area (Å²) in [5.74, 6) is 0.593. The number of aromatic nitrogens is 2. The van der Waals surface area contributed by atoms with E-state index in [2.05, 4.69) is 204 Å². The second-order valence-electron chi connectivity index (χ2n) is 14.0. The molecule has 0 aliphatic rings. The zero-order valence-electron chi connectivity index (χ0n) is 29.8. The van der Waals surface area contributed by atoms with E-state index in [9.17, 15) is 0 Å². The maximum absolute atomic E-state index is 6.88. The molecule has 0 atom stereocenters. The van der Waals surface area contributed by atoms with Gasteiger partial charge < -0.3 is 13.9 Å². The van der Waals surface area contributed by atoms with Crippen LogP contribution in [0.15, 0.2) is 205 Å². The molecule has 258 valence electrons. The highest BCUT2D eigenvalue weighted by Crippen LogP contribution is 2.49. The van der Waals surface area contributed by atoms with Gasteiger partial charge in [-0.1, -0.05) is 146 Å². The lowest BCUT2D eigenvalue weighted by Crippen LogP contribution is -2.12. The zero-order valence-corrected chi connectivity index (χ0v) is 29.8. The number of hydrogen-bond acceptors (Lipinski definition) is 3. The SMILES string of the molecule is c1ccc(-c2ccccc2N(c2cc3c4ccccc4n(-c4ccccc4)c3c3ccccc23)c2cccc3nc(-c4ccc5ccccc5c4)oc23)cc1. The minimum Gasteiger partial charge on any atom is -0.434 e. The van der Waals surface area contributed by atoms with E-state index in [-0.39, 0.29) is 0 Å². The van der Waals surface area contributed by atoms with Gasteiger partial charge in [0.05, 0.1) is 28.1 Å². The van der Waals surface area contributed by atoms with Gasteiger partial charge in [0, 0.05) is 38.4 Å². The predicted molar refractivity (Wildman–Crippen MR) is 229 cm³/mol. The maximum atomic E-state index is 6.88. The van der Waals surface area contributed by atoms with Gasteiger partial charge in [0.1, 0.15) is 5.52 Å². The lowest BCUT2D eigenvalue weighted by atomic mass is 9.99. The topological polar surface area (TPSA) is 34.2 Å². The molecule has 0 spiro atoms. The summed E-state index contributed by atoms with van der Waals surface area (Å²) in [5, 5.41) is 7.00. The first kappa shape index (κ1) is 31.1. The third-order valence-electron chi connectivity index (χ3n) is 10.8. The van der Waals surface area contributed by atoms with Gasteiger partial charge in [-0.3, -0.25) is 0 Å². The smallest absolute Gasteiger partial charge is 0.227 e. The van der Waals surface area contributed by atoms with E-state index in [4.69, 9.17) is 9.40 Å². The quantitative estimate of drug-likeness (QED) is 0.173. The first-order valence-corrected chi connectivity index (χ1v) is 18.6. The Kier molecular flexibility index (Phi) is 7.14. The van der Waals surface area contributed by atoms with Crippen LogP contribution in [0.1, 0.15) is 0 Å². The average Bonchev–Trinajstić information content (AvgIpc) is 3.85. The molecular formula is C51H33N3O. The zero-order chi connectivity index (χ0) is 36.3. The molecule has 2 heterocycles. The van der Waals surface area contributed by atoms with Gasteiger partial charge in [0.25, 0.3) is 0 Å². The summed E-state index contributed by atoms with van der Waals surface area (Å²) in [4.78, 5) is 7.48. The molecule has 0 bridgehead atoms. The molecule has 0 fully saturated rings. The summed E-state index contributed by atoms with van der Waals surface area (Å²) in [6.45, 7) is 0. The van der Waals surface area contributed by atoms with Crippen molar-refractivity contribution in [3.63, 3.8) is 0 Å². The Bertz CT molecular complexity index is 3210. The molecule has 4 heteroatoms. The van der Waals surface area contributed by atoms with Crippen LogP contribution in [0, 0.1) is 0 Å². The molecule has 0 unspecified atom stereocenters. The van der Waals surface area contributed by atoms with Crippen LogP contribution in [-0.4, -0.2) is 9.55 Å². The number of nitrogens with zero attached hydrogens (tertiary/aromatic N) is 3. The Balaban J connectivity index is 1.24. The fourth-order valence-corrected chi connectivity index (χ4v) is 8.31. The van der Waals surface area contributed by atoms with Gasteiger partial charge in [-0.15, -0.1) is 0 Å². The normalized spacial score (nSPS) is 11.6. The first-order valence-electron chi connectivity index (χ1n) is 18.6. The van der Waals surface area contributed by atoms with Crippen LogP contribution >= 0.6 is 0 Å². The molecule has 11 aromatic rings. The second-order valence-corrected chi connectivity index (χ2v) is 14.0. The minimum absolute atomic E-state index is 0.593. The van der Waals surface area contributed by atoms with E-state index in [1.807, 2.05) is 6.07 Å². The fourth-order valence-electron chi connectivity index (χ4n) is 8.31. The van der Waals surface area contributed by atoms with Gasteiger partial charge in [0.15, 0.2) is 5.58 Å². The Labute approximate surface area is 317 Å².